The first-order valence-electron chi connectivity index (χ1n) is 6.26. The van der Waals surface area contributed by atoms with Gasteiger partial charge in [-0.15, -0.1) is 11.6 Å². The lowest BCUT2D eigenvalue weighted by Crippen LogP contribution is -2.14. The fourth-order valence-corrected chi connectivity index (χ4v) is 3.08. The second-order valence-electron chi connectivity index (χ2n) is 4.31. The van der Waals surface area contributed by atoms with E-state index >= 15 is 0 Å². The Labute approximate surface area is 123 Å². The molecule has 0 aliphatic heterocycles. The highest BCUT2D eigenvalue weighted by atomic mass is 35.5. The van der Waals surface area contributed by atoms with E-state index in [9.17, 15) is 8.42 Å². The zero-order chi connectivity index (χ0) is 14.6. The number of nitrogens with zero attached hydrogens (tertiary/aromatic N) is 1. The molecule has 108 valence electrons. The molecule has 0 spiro atoms. The maximum absolute atomic E-state index is 12.3. The number of anilines is 1. The van der Waals surface area contributed by atoms with E-state index < -0.39 is 10.0 Å². The number of alkyl halides is 1. The van der Waals surface area contributed by atoms with Crippen molar-refractivity contribution in [3.8, 4) is 0 Å². The van der Waals surface area contributed by atoms with E-state index in [1.807, 2.05) is 6.92 Å². The molecule has 2 rings (SSSR count). The van der Waals surface area contributed by atoms with Gasteiger partial charge in [0.15, 0.2) is 0 Å². The van der Waals surface area contributed by atoms with Gasteiger partial charge in [0, 0.05) is 11.4 Å². The number of sulfonamides is 1. The number of halogens is 1. The first-order chi connectivity index (χ1) is 9.56. The van der Waals surface area contributed by atoms with Crippen molar-refractivity contribution in [2.45, 2.75) is 24.7 Å². The summed E-state index contributed by atoms with van der Waals surface area (Å²) >= 11 is 5.65. The SMILES string of the molecule is CCc1cn[nH]c1NS(=O)(=O)c1ccc(CCCl)cc1. The Morgan fingerprint density at radius 3 is 2.60 bits per heavy atom. The predicted molar refractivity (Wildman–Crippen MR) is 79.6 cm³/mol. The van der Waals surface area contributed by atoms with Gasteiger partial charge in [-0.3, -0.25) is 9.82 Å². The van der Waals surface area contributed by atoms with Crippen LogP contribution in [0.2, 0.25) is 0 Å². The molecule has 0 amide bonds. The second kappa shape index (κ2) is 6.28. The minimum atomic E-state index is -3.60. The highest BCUT2D eigenvalue weighted by Gasteiger charge is 2.16. The summed E-state index contributed by atoms with van der Waals surface area (Å²) in [6.45, 7) is 1.93. The van der Waals surface area contributed by atoms with Gasteiger partial charge in [-0.25, -0.2) is 8.42 Å². The molecule has 0 saturated carbocycles. The summed E-state index contributed by atoms with van der Waals surface area (Å²) < 4.78 is 27.0. The quantitative estimate of drug-likeness (QED) is 0.805. The third-order valence-corrected chi connectivity index (χ3v) is 4.51. The lowest BCUT2D eigenvalue weighted by molar-refractivity contribution is 0.601. The molecule has 20 heavy (non-hydrogen) atoms. The lowest BCUT2D eigenvalue weighted by atomic mass is 10.2. The number of H-pyrrole nitrogens is 1. The van der Waals surface area contributed by atoms with Gasteiger partial charge in [0.1, 0.15) is 5.82 Å². The topological polar surface area (TPSA) is 74.8 Å². The minimum absolute atomic E-state index is 0.215. The summed E-state index contributed by atoms with van der Waals surface area (Å²) in [6.07, 6.45) is 3.03. The summed E-state index contributed by atoms with van der Waals surface area (Å²) in [4.78, 5) is 0.215. The van der Waals surface area contributed by atoms with Crippen LogP contribution in [0.4, 0.5) is 5.82 Å². The van der Waals surface area contributed by atoms with E-state index in [4.69, 9.17) is 11.6 Å². The van der Waals surface area contributed by atoms with Gasteiger partial charge < -0.3 is 0 Å². The molecule has 1 aromatic heterocycles. The molecule has 1 heterocycles. The van der Waals surface area contributed by atoms with Crippen molar-refractivity contribution in [3.63, 3.8) is 0 Å². The smallest absolute Gasteiger partial charge is 0.263 e. The number of hydrogen-bond acceptors (Lipinski definition) is 3. The Balaban J connectivity index is 2.22. The third kappa shape index (κ3) is 3.32. The Bertz CT molecular complexity index is 665. The van der Waals surface area contributed by atoms with Crippen molar-refractivity contribution in [2.75, 3.05) is 10.6 Å². The molecule has 5 nitrogen and oxygen atoms in total. The van der Waals surface area contributed by atoms with Gasteiger partial charge in [0.2, 0.25) is 0 Å². The maximum atomic E-state index is 12.3. The Hall–Kier alpha value is -1.53. The first kappa shape index (κ1) is 14.9. The molecule has 0 saturated heterocycles. The van der Waals surface area contributed by atoms with Gasteiger partial charge in [0.25, 0.3) is 10.0 Å². The molecular weight excluding hydrogens is 298 g/mol. The highest BCUT2D eigenvalue weighted by molar-refractivity contribution is 7.92. The fraction of sp³-hybridized carbons (Fsp3) is 0.308. The standard InChI is InChI=1S/C13H16ClN3O2S/c1-2-11-9-15-16-13(11)17-20(18,19)12-5-3-10(4-6-12)7-8-14/h3-6,9H,2,7-8H2,1H3,(H2,15,16,17). The van der Waals surface area contributed by atoms with E-state index in [0.717, 1.165) is 17.5 Å². The van der Waals surface area contributed by atoms with Crippen LogP contribution in [0.5, 0.6) is 0 Å². The van der Waals surface area contributed by atoms with Crippen molar-refractivity contribution < 1.29 is 8.42 Å². The van der Waals surface area contributed by atoms with Crippen molar-refractivity contribution >= 4 is 27.4 Å². The molecule has 0 aliphatic rings. The van der Waals surface area contributed by atoms with Crippen LogP contribution in [0, 0.1) is 0 Å². The van der Waals surface area contributed by atoms with E-state index in [0.29, 0.717) is 18.1 Å². The van der Waals surface area contributed by atoms with Crippen molar-refractivity contribution in [2.24, 2.45) is 0 Å². The lowest BCUT2D eigenvalue weighted by Gasteiger charge is -2.08. The van der Waals surface area contributed by atoms with E-state index in [1.54, 1.807) is 30.5 Å². The van der Waals surface area contributed by atoms with Crippen LogP contribution in [0.15, 0.2) is 35.4 Å². The van der Waals surface area contributed by atoms with Crippen LogP contribution in [0.25, 0.3) is 0 Å². The van der Waals surface area contributed by atoms with Crippen LogP contribution in [0.1, 0.15) is 18.1 Å². The summed E-state index contributed by atoms with van der Waals surface area (Å²) in [5.41, 5.74) is 1.84. The molecule has 0 unspecified atom stereocenters. The maximum Gasteiger partial charge on any atom is 0.263 e. The average Bonchev–Trinajstić information content (AvgIpc) is 2.86. The molecule has 2 aromatic rings. The van der Waals surface area contributed by atoms with Crippen LogP contribution in [0.3, 0.4) is 0 Å². The van der Waals surface area contributed by atoms with E-state index in [-0.39, 0.29) is 4.90 Å². The molecule has 0 aliphatic carbocycles. The van der Waals surface area contributed by atoms with Crippen molar-refractivity contribution in [1.82, 2.24) is 10.2 Å². The Morgan fingerprint density at radius 1 is 1.30 bits per heavy atom. The second-order valence-corrected chi connectivity index (χ2v) is 6.37. The first-order valence-corrected chi connectivity index (χ1v) is 8.28. The van der Waals surface area contributed by atoms with Gasteiger partial charge >= 0.3 is 0 Å². The number of nitrogens with one attached hydrogen (secondary N) is 2. The molecule has 0 fully saturated rings. The van der Waals surface area contributed by atoms with Gasteiger partial charge in [-0.2, -0.15) is 5.10 Å². The summed E-state index contributed by atoms with van der Waals surface area (Å²) in [6, 6.07) is 6.69. The van der Waals surface area contributed by atoms with E-state index in [1.165, 1.54) is 0 Å². The highest BCUT2D eigenvalue weighted by Crippen LogP contribution is 2.18. The summed E-state index contributed by atoms with van der Waals surface area (Å²) in [5.74, 6) is 0.926. The summed E-state index contributed by atoms with van der Waals surface area (Å²) in [5, 5.41) is 6.50. The number of rotatable bonds is 6. The zero-order valence-electron chi connectivity index (χ0n) is 11.1. The summed E-state index contributed by atoms with van der Waals surface area (Å²) in [7, 11) is -3.60. The minimum Gasteiger partial charge on any atom is -0.264 e. The molecule has 0 bridgehead atoms. The van der Waals surface area contributed by atoms with Crippen molar-refractivity contribution in [1.29, 1.82) is 0 Å². The zero-order valence-corrected chi connectivity index (χ0v) is 12.6. The molecule has 7 heteroatoms. The van der Waals surface area contributed by atoms with E-state index in [2.05, 4.69) is 14.9 Å². The van der Waals surface area contributed by atoms with Crippen LogP contribution in [-0.2, 0) is 22.9 Å². The van der Waals surface area contributed by atoms with Gasteiger partial charge in [-0.05, 0) is 30.5 Å². The number of aryl methyl sites for hydroxylation is 2. The molecular formula is C13H16ClN3O2S. The monoisotopic (exact) mass is 313 g/mol. The Kier molecular flexibility index (Phi) is 4.67. The number of hydrogen-bond donors (Lipinski definition) is 2. The van der Waals surface area contributed by atoms with Gasteiger partial charge in [0.05, 0.1) is 11.1 Å². The largest absolute Gasteiger partial charge is 0.264 e. The third-order valence-electron chi connectivity index (χ3n) is 2.95. The van der Waals surface area contributed by atoms with Crippen molar-refractivity contribution in [3.05, 3.63) is 41.6 Å². The number of aromatic amines is 1. The average molecular weight is 314 g/mol. The van der Waals surface area contributed by atoms with Crippen LogP contribution in [-0.4, -0.2) is 24.5 Å². The fourth-order valence-electron chi connectivity index (χ4n) is 1.81. The predicted octanol–water partition coefficient (Wildman–Crippen LogP) is 2.55. The molecule has 2 N–H and O–H groups in total. The van der Waals surface area contributed by atoms with Crippen LogP contribution < -0.4 is 4.72 Å². The van der Waals surface area contributed by atoms with Gasteiger partial charge in [-0.1, -0.05) is 19.1 Å². The Morgan fingerprint density at radius 2 is 2.00 bits per heavy atom. The number of benzene rings is 1. The van der Waals surface area contributed by atoms with Crippen LogP contribution >= 0.6 is 11.6 Å². The molecule has 0 atom stereocenters. The molecule has 0 radical (unpaired) electrons. The normalized spacial score (nSPS) is 11.5. The molecule has 1 aromatic carbocycles. The number of aromatic nitrogens is 2.